The smallest absolute Gasteiger partial charge is 0.345 e. The Bertz CT molecular complexity index is 1150. The maximum atomic E-state index is 12.4. The number of hydrogen-bond donors (Lipinski definition) is 1. The van der Waals surface area contributed by atoms with Crippen molar-refractivity contribution in [3.05, 3.63) is 87.4 Å². The topological polar surface area (TPSA) is 86.2 Å². The minimum absolute atomic E-state index is 0.194. The Hall–Kier alpha value is -3.36. The quantitative estimate of drug-likeness (QED) is 0.200. The average molecular weight is 518 g/mol. The third-order valence-corrected chi connectivity index (χ3v) is 5.07. The molecule has 164 valence electrons. The molecule has 1 N–H and O–H groups in total. The Morgan fingerprint density at radius 3 is 2.53 bits per heavy atom. The molecule has 0 aromatic heterocycles. The lowest BCUT2D eigenvalue weighted by Gasteiger charge is -2.10. The monoisotopic (exact) mass is 516 g/mol. The first-order valence-corrected chi connectivity index (χ1v) is 10.5. The van der Waals surface area contributed by atoms with Gasteiger partial charge in [0.1, 0.15) is 5.75 Å². The van der Waals surface area contributed by atoms with Crippen LogP contribution >= 0.6 is 27.5 Å². The molecule has 0 saturated heterocycles. The normalized spacial score (nSPS) is 10.6. The van der Waals surface area contributed by atoms with E-state index in [-0.39, 0.29) is 17.9 Å². The van der Waals surface area contributed by atoms with E-state index in [2.05, 4.69) is 26.5 Å². The van der Waals surface area contributed by atoms with Gasteiger partial charge in [-0.1, -0.05) is 35.9 Å². The fourth-order valence-electron chi connectivity index (χ4n) is 2.55. The molecule has 0 atom stereocenters. The molecule has 0 fully saturated rings. The van der Waals surface area contributed by atoms with Crippen molar-refractivity contribution < 1.29 is 23.8 Å². The number of esters is 1. The Morgan fingerprint density at radius 2 is 1.78 bits per heavy atom. The number of rotatable bonds is 8. The van der Waals surface area contributed by atoms with E-state index in [1.807, 2.05) is 12.1 Å². The van der Waals surface area contributed by atoms with Crippen LogP contribution in [0.25, 0.3) is 0 Å². The van der Waals surface area contributed by atoms with Crippen LogP contribution in [0.5, 0.6) is 17.2 Å². The fourth-order valence-corrected chi connectivity index (χ4v) is 3.16. The Kier molecular flexibility index (Phi) is 8.24. The molecule has 0 unspecified atom stereocenters. The van der Waals surface area contributed by atoms with Gasteiger partial charge in [-0.3, -0.25) is 4.79 Å². The SMILES string of the molecule is COc1cc(C=NNC(=O)COc2ccccc2Br)ccc1OC(=O)c1ccccc1Cl. The zero-order chi connectivity index (χ0) is 22.9. The number of amides is 1. The second kappa shape index (κ2) is 11.3. The summed E-state index contributed by atoms with van der Waals surface area (Å²) in [4.78, 5) is 24.3. The van der Waals surface area contributed by atoms with Crippen molar-refractivity contribution in [3.8, 4) is 17.2 Å². The maximum absolute atomic E-state index is 12.4. The van der Waals surface area contributed by atoms with Crippen LogP contribution < -0.4 is 19.6 Å². The number of hydrazone groups is 1. The largest absolute Gasteiger partial charge is 0.493 e. The zero-order valence-corrected chi connectivity index (χ0v) is 19.2. The molecule has 3 rings (SSSR count). The molecule has 3 aromatic carbocycles. The predicted molar refractivity (Wildman–Crippen MR) is 125 cm³/mol. The maximum Gasteiger partial charge on any atom is 0.345 e. The highest BCUT2D eigenvalue weighted by molar-refractivity contribution is 9.10. The summed E-state index contributed by atoms with van der Waals surface area (Å²) < 4.78 is 16.9. The number of ether oxygens (including phenoxy) is 3. The van der Waals surface area contributed by atoms with Crippen LogP contribution in [-0.2, 0) is 4.79 Å². The van der Waals surface area contributed by atoms with Crippen molar-refractivity contribution in [2.75, 3.05) is 13.7 Å². The van der Waals surface area contributed by atoms with Gasteiger partial charge in [0, 0.05) is 0 Å². The van der Waals surface area contributed by atoms with Gasteiger partial charge in [-0.05, 0) is 64.0 Å². The second-order valence-corrected chi connectivity index (χ2v) is 7.55. The highest BCUT2D eigenvalue weighted by Gasteiger charge is 2.15. The summed E-state index contributed by atoms with van der Waals surface area (Å²) in [5.41, 5.74) is 3.24. The summed E-state index contributed by atoms with van der Waals surface area (Å²) in [6.45, 7) is -0.194. The highest BCUT2D eigenvalue weighted by atomic mass is 79.9. The van der Waals surface area contributed by atoms with Gasteiger partial charge in [-0.15, -0.1) is 0 Å². The first-order chi connectivity index (χ1) is 15.5. The minimum Gasteiger partial charge on any atom is -0.493 e. The fraction of sp³-hybridized carbons (Fsp3) is 0.0870. The van der Waals surface area contributed by atoms with E-state index < -0.39 is 11.9 Å². The molecule has 9 heteroatoms. The molecule has 32 heavy (non-hydrogen) atoms. The van der Waals surface area contributed by atoms with Crippen molar-refractivity contribution in [1.82, 2.24) is 5.43 Å². The van der Waals surface area contributed by atoms with Crippen LogP contribution in [0.4, 0.5) is 0 Å². The number of benzene rings is 3. The van der Waals surface area contributed by atoms with Crippen LogP contribution in [0, 0.1) is 0 Å². The van der Waals surface area contributed by atoms with Crippen molar-refractivity contribution in [1.29, 1.82) is 0 Å². The average Bonchev–Trinajstić information content (AvgIpc) is 2.79. The van der Waals surface area contributed by atoms with E-state index in [9.17, 15) is 9.59 Å². The summed E-state index contributed by atoms with van der Waals surface area (Å²) in [6, 6.07) is 18.6. The lowest BCUT2D eigenvalue weighted by Crippen LogP contribution is -2.24. The van der Waals surface area contributed by atoms with Gasteiger partial charge >= 0.3 is 5.97 Å². The first-order valence-electron chi connectivity index (χ1n) is 9.32. The Balaban J connectivity index is 1.58. The van der Waals surface area contributed by atoms with Crippen molar-refractivity contribution in [2.24, 2.45) is 5.10 Å². The molecular weight excluding hydrogens is 500 g/mol. The van der Waals surface area contributed by atoms with E-state index in [0.717, 1.165) is 4.47 Å². The lowest BCUT2D eigenvalue weighted by molar-refractivity contribution is -0.123. The molecule has 0 radical (unpaired) electrons. The molecule has 0 bridgehead atoms. The van der Waals surface area contributed by atoms with E-state index in [1.54, 1.807) is 54.6 Å². The van der Waals surface area contributed by atoms with Gasteiger partial charge in [0.25, 0.3) is 5.91 Å². The van der Waals surface area contributed by atoms with Crippen LogP contribution in [0.1, 0.15) is 15.9 Å². The molecule has 0 saturated carbocycles. The summed E-state index contributed by atoms with van der Waals surface area (Å²) in [5, 5.41) is 4.20. The van der Waals surface area contributed by atoms with Gasteiger partial charge < -0.3 is 14.2 Å². The number of methoxy groups -OCH3 is 1. The molecule has 1 amide bonds. The van der Waals surface area contributed by atoms with E-state index in [4.69, 9.17) is 25.8 Å². The Morgan fingerprint density at radius 1 is 1.03 bits per heavy atom. The van der Waals surface area contributed by atoms with Gasteiger partial charge in [-0.25, -0.2) is 10.2 Å². The van der Waals surface area contributed by atoms with Crippen LogP contribution in [-0.4, -0.2) is 31.8 Å². The summed E-state index contributed by atoms with van der Waals surface area (Å²) in [6.07, 6.45) is 1.43. The van der Waals surface area contributed by atoms with Crippen LogP contribution in [0.2, 0.25) is 5.02 Å². The van der Waals surface area contributed by atoms with Crippen molar-refractivity contribution in [3.63, 3.8) is 0 Å². The van der Waals surface area contributed by atoms with Gasteiger partial charge in [0.05, 0.1) is 28.4 Å². The first kappa shape index (κ1) is 23.3. The number of para-hydroxylation sites is 1. The van der Waals surface area contributed by atoms with Gasteiger partial charge in [0.15, 0.2) is 18.1 Å². The molecule has 0 aliphatic carbocycles. The number of hydrogen-bond acceptors (Lipinski definition) is 6. The second-order valence-electron chi connectivity index (χ2n) is 6.29. The lowest BCUT2D eigenvalue weighted by atomic mass is 10.2. The predicted octanol–water partition coefficient (Wildman–Crippen LogP) is 4.86. The standard InChI is InChI=1S/C23H18BrClN2O5/c1-30-21-12-15(10-11-20(21)32-23(29)16-6-2-4-8-18(16)25)13-26-27-22(28)14-31-19-9-5-3-7-17(19)24/h2-13H,14H2,1H3,(H,27,28). The third-order valence-electron chi connectivity index (χ3n) is 4.08. The molecular formula is C23H18BrClN2O5. The number of carbonyl (C=O) groups is 2. The highest BCUT2D eigenvalue weighted by Crippen LogP contribution is 2.29. The molecule has 0 aliphatic heterocycles. The van der Waals surface area contributed by atoms with E-state index in [0.29, 0.717) is 22.1 Å². The molecule has 0 heterocycles. The van der Waals surface area contributed by atoms with Crippen LogP contribution in [0.15, 0.2) is 76.3 Å². The van der Waals surface area contributed by atoms with E-state index in [1.165, 1.54) is 13.3 Å². The number of nitrogens with one attached hydrogen (secondary N) is 1. The third kappa shape index (κ3) is 6.32. The van der Waals surface area contributed by atoms with Crippen LogP contribution in [0.3, 0.4) is 0 Å². The summed E-state index contributed by atoms with van der Waals surface area (Å²) >= 11 is 9.38. The molecule has 7 nitrogen and oxygen atoms in total. The number of nitrogens with zero attached hydrogens (tertiary/aromatic N) is 1. The minimum atomic E-state index is -0.604. The zero-order valence-electron chi connectivity index (χ0n) is 16.9. The van der Waals surface area contributed by atoms with Gasteiger partial charge in [-0.2, -0.15) is 5.10 Å². The Labute approximate surface area is 198 Å². The molecule has 0 aliphatic rings. The number of halogens is 2. The number of carbonyl (C=O) groups excluding carboxylic acids is 2. The molecule has 3 aromatic rings. The van der Waals surface area contributed by atoms with Crippen molar-refractivity contribution >= 4 is 45.6 Å². The molecule has 0 spiro atoms. The van der Waals surface area contributed by atoms with Crippen molar-refractivity contribution in [2.45, 2.75) is 0 Å². The van der Waals surface area contributed by atoms with Gasteiger partial charge in [0.2, 0.25) is 0 Å². The van der Waals surface area contributed by atoms with E-state index >= 15 is 0 Å². The summed E-state index contributed by atoms with van der Waals surface area (Å²) in [5.74, 6) is 0.0681. The summed E-state index contributed by atoms with van der Waals surface area (Å²) in [7, 11) is 1.45.